The van der Waals surface area contributed by atoms with Crippen molar-refractivity contribution in [2.24, 2.45) is 11.8 Å². The Kier molecular flexibility index (Phi) is 6.23. The first-order valence-corrected chi connectivity index (χ1v) is 10.2. The minimum Gasteiger partial charge on any atom is -0.399 e. The van der Waals surface area contributed by atoms with Gasteiger partial charge in [-0.15, -0.1) is 0 Å². The number of carbonyl (C=O) groups excluding carboxylic acids is 1. The number of nitrogens with zero attached hydrogens (tertiary/aromatic N) is 1. The monoisotopic (exact) mass is 358 g/mol. The third-order valence-electron chi connectivity index (χ3n) is 6.14. The Hall–Kier alpha value is -1.55. The van der Waals surface area contributed by atoms with Gasteiger partial charge in [0, 0.05) is 12.2 Å². The molecular formula is C22H34N2O2. The van der Waals surface area contributed by atoms with Crippen LogP contribution in [0, 0.1) is 18.8 Å². The van der Waals surface area contributed by atoms with Crippen LogP contribution in [0.1, 0.15) is 57.1 Å². The minimum absolute atomic E-state index is 0.216. The van der Waals surface area contributed by atoms with E-state index in [1.807, 2.05) is 25.1 Å². The van der Waals surface area contributed by atoms with Crippen LogP contribution in [-0.4, -0.2) is 36.1 Å². The fraction of sp³-hybridized carbons (Fsp3) is 0.682. The Morgan fingerprint density at radius 2 is 1.92 bits per heavy atom. The molecule has 3 rings (SSSR count). The van der Waals surface area contributed by atoms with Crippen molar-refractivity contribution in [1.82, 2.24) is 4.90 Å². The van der Waals surface area contributed by atoms with Gasteiger partial charge in [0.05, 0.1) is 25.2 Å². The van der Waals surface area contributed by atoms with Crippen LogP contribution in [0.25, 0.3) is 0 Å². The van der Waals surface area contributed by atoms with E-state index in [2.05, 4.69) is 18.7 Å². The zero-order chi connectivity index (χ0) is 18.7. The fourth-order valence-corrected chi connectivity index (χ4v) is 4.44. The summed E-state index contributed by atoms with van der Waals surface area (Å²) in [5, 5.41) is 0. The third kappa shape index (κ3) is 4.79. The first-order chi connectivity index (χ1) is 12.4. The summed E-state index contributed by atoms with van der Waals surface area (Å²) in [5.41, 5.74) is 8.75. The summed E-state index contributed by atoms with van der Waals surface area (Å²) in [6.45, 7) is 8.13. The molecule has 1 saturated heterocycles. The molecule has 2 fully saturated rings. The van der Waals surface area contributed by atoms with Crippen LogP contribution in [-0.2, 0) is 16.0 Å². The smallest absolute Gasteiger partial charge is 0.227 e. The maximum absolute atomic E-state index is 12.9. The Morgan fingerprint density at radius 3 is 2.62 bits per heavy atom. The fourth-order valence-electron chi connectivity index (χ4n) is 4.44. The van der Waals surface area contributed by atoms with Crippen molar-refractivity contribution < 1.29 is 9.53 Å². The lowest BCUT2D eigenvalue weighted by Crippen LogP contribution is -2.40. The number of rotatable bonds is 5. The van der Waals surface area contributed by atoms with Crippen molar-refractivity contribution in [2.75, 3.05) is 18.9 Å². The quantitative estimate of drug-likeness (QED) is 0.811. The summed E-state index contributed by atoms with van der Waals surface area (Å²) in [6.07, 6.45) is 6.77. The van der Waals surface area contributed by atoms with Gasteiger partial charge in [0.1, 0.15) is 0 Å². The van der Waals surface area contributed by atoms with E-state index in [1.165, 1.54) is 25.7 Å². The van der Waals surface area contributed by atoms with Gasteiger partial charge in [0.15, 0.2) is 0 Å². The van der Waals surface area contributed by atoms with Gasteiger partial charge in [-0.1, -0.05) is 19.9 Å². The third-order valence-corrected chi connectivity index (χ3v) is 6.14. The molecule has 1 aromatic rings. The number of hydrogen-bond donors (Lipinski definition) is 1. The number of likely N-dealkylation sites (tertiary alicyclic amines) is 1. The number of carbonyl (C=O) groups is 1. The average Bonchev–Trinajstić information content (AvgIpc) is 2.98. The van der Waals surface area contributed by atoms with Gasteiger partial charge in [0.25, 0.3) is 0 Å². The summed E-state index contributed by atoms with van der Waals surface area (Å²) in [6, 6.07) is 6.04. The van der Waals surface area contributed by atoms with E-state index in [-0.39, 0.29) is 11.9 Å². The van der Waals surface area contributed by atoms with Gasteiger partial charge < -0.3 is 15.4 Å². The number of anilines is 1. The van der Waals surface area contributed by atoms with Gasteiger partial charge in [0.2, 0.25) is 5.91 Å². The van der Waals surface area contributed by atoms with E-state index >= 15 is 0 Å². The minimum atomic E-state index is 0.216. The molecule has 2 aliphatic rings. The lowest BCUT2D eigenvalue weighted by Gasteiger charge is -2.30. The molecule has 0 spiro atoms. The number of nitrogen functional groups attached to an aromatic ring is 1. The summed E-state index contributed by atoms with van der Waals surface area (Å²) in [7, 11) is 0. The number of nitrogens with two attached hydrogens (primary N) is 1. The Labute approximate surface area is 158 Å². The van der Waals surface area contributed by atoms with Gasteiger partial charge in [-0.25, -0.2) is 0 Å². The van der Waals surface area contributed by atoms with Crippen molar-refractivity contribution in [1.29, 1.82) is 0 Å². The molecule has 0 radical (unpaired) electrons. The summed E-state index contributed by atoms with van der Waals surface area (Å²) in [4.78, 5) is 15.0. The van der Waals surface area contributed by atoms with Crippen LogP contribution < -0.4 is 5.73 Å². The molecule has 0 aromatic heterocycles. The lowest BCUT2D eigenvalue weighted by atomic mass is 9.89. The molecule has 0 bridgehead atoms. The lowest BCUT2D eigenvalue weighted by molar-refractivity contribution is -0.133. The molecule has 1 heterocycles. The first-order valence-electron chi connectivity index (χ1n) is 10.2. The van der Waals surface area contributed by atoms with Crippen molar-refractivity contribution in [3.05, 3.63) is 29.3 Å². The van der Waals surface area contributed by atoms with Crippen molar-refractivity contribution in [3.8, 4) is 0 Å². The van der Waals surface area contributed by atoms with Crippen LogP contribution in [0.5, 0.6) is 0 Å². The molecular weight excluding hydrogens is 324 g/mol. The van der Waals surface area contributed by atoms with Crippen molar-refractivity contribution in [3.63, 3.8) is 0 Å². The zero-order valence-corrected chi connectivity index (χ0v) is 16.5. The largest absolute Gasteiger partial charge is 0.399 e. The van der Waals surface area contributed by atoms with Gasteiger partial charge in [-0.05, 0) is 74.1 Å². The summed E-state index contributed by atoms with van der Waals surface area (Å²) >= 11 is 0. The first kappa shape index (κ1) is 19.2. The predicted molar refractivity (Wildman–Crippen MR) is 106 cm³/mol. The van der Waals surface area contributed by atoms with Gasteiger partial charge in [-0.2, -0.15) is 0 Å². The molecule has 1 aliphatic carbocycles. The standard InChI is InChI=1S/C22H34N2O2/c1-15-4-8-21(9-5-15)26-14-20-10-16(2)13-24(20)22(25)12-18-6-7-19(23)11-17(18)3/h6-7,11,15-16,20-21H,4-5,8-10,12-14,23H2,1-3H3/t15?,16-,20-,21?/m0/s1. The maximum atomic E-state index is 12.9. The summed E-state index contributed by atoms with van der Waals surface area (Å²) in [5.74, 6) is 1.60. The highest BCUT2D eigenvalue weighted by Gasteiger charge is 2.34. The Balaban J connectivity index is 1.57. The second kappa shape index (κ2) is 8.43. The molecule has 4 nitrogen and oxygen atoms in total. The molecule has 1 saturated carbocycles. The van der Waals surface area contributed by atoms with Crippen LogP contribution in [0.3, 0.4) is 0 Å². The Bertz CT molecular complexity index is 623. The molecule has 2 N–H and O–H groups in total. The highest BCUT2D eigenvalue weighted by molar-refractivity contribution is 5.80. The van der Waals surface area contributed by atoms with Crippen molar-refractivity contribution >= 4 is 11.6 Å². The van der Waals surface area contributed by atoms with Gasteiger partial charge in [-0.3, -0.25) is 4.79 Å². The Morgan fingerprint density at radius 1 is 1.19 bits per heavy atom. The number of hydrogen-bond acceptors (Lipinski definition) is 3. The number of benzene rings is 1. The van der Waals surface area contributed by atoms with E-state index in [0.717, 1.165) is 35.7 Å². The molecule has 26 heavy (non-hydrogen) atoms. The second-order valence-electron chi connectivity index (χ2n) is 8.62. The molecule has 0 unspecified atom stereocenters. The van der Waals surface area contributed by atoms with E-state index < -0.39 is 0 Å². The van der Waals surface area contributed by atoms with Gasteiger partial charge >= 0.3 is 0 Å². The van der Waals surface area contributed by atoms with Crippen LogP contribution in [0.2, 0.25) is 0 Å². The molecule has 1 aliphatic heterocycles. The SMILES string of the molecule is Cc1cc(N)ccc1CC(=O)N1C[C@@H](C)C[C@H]1COC1CCC(C)CC1. The van der Waals surface area contributed by atoms with Crippen LogP contribution in [0.4, 0.5) is 5.69 Å². The molecule has 1 aromatic carbocycles. The second-order valence-corrected chi connectivity index (χ2v) is 8.62. The normalized spacial score (nSPS) is 29.1. The number of ether oxygens (including phenoxy) is 1. The van der Waals surface area contributed by atoms with E-state index in [0.29, 0.717) is 25.0 Å². The molecule has 1 amide bonds. The van der Waals surface area contributed by atoms with Crippen molar-refractivity contribution in [2.45, 2.75) is 71.4 Å². The highest BCUT2D eigenvalue weighted by Crippen LogP contribution is 2.28. The predicted octanol–water partition coefficient (Wildman–Crippen LogP) is 3.95. The molecule has 4 heteroatoms. The number of amides is 1. The van der Waals surface area contributed by atoms with E-state index in [9.17, 15) is 4.79 Å². The van der Waals surface area contributed by atoms with Crippen LogP contribution >= 0.6 is 0 Å². The number of aryl methyl sites for hydroxylation is 1. The van der Waals surface area contributed by atoms with E-state index in [1.54, 1.807) is 0 Å². The topological polar surface area (TPSA) is 55.6 Å². The average molecular weight is 359 g/mol. The van der Waals surface area contributed by atoms with E-state index in [4.69, 9.17) is 10.5 Å². The molecule has 144 valence electrons. The highest BCUT2D eigenvalue weighted by atomic mass is 16.5. The maximum Gasteiger partial charge on any atom is 0.227 e. The zero-order valence-electron chi connectivity index (χ0n) is 16.5. The summed E-state index contributed by atoms with van der Waals surface area (Å²) < 4.78 is 6.22. The molecule has 2 atom stereocenters. The van der Waals surface area contributed by atoms with Crippen LogP contribution in [0.15, 0.2) is 18.2 Å².